The average molecular weight is 1080 g/mol. The second kappa shape index (κ2) is 56.9. The lowest BCUT2D eigenvalue weighted by Crippen LogP contribution is -2.60. The van der Waals surface area contributed by atoms with Gasteiger partial charge in [-0.15, -0.1) is 0 Å². The molecule has 1 amide bonds. The van der Waals surface area contributed by atoms with Gasteiger partial charge in [-0.3, -0.25) is 4.79 Å². The van der Waals surface area contributed by atoms with Crippen LogP contribution in [0.25, 0.3) is 0 Å². The van der Waals surface area contributed by atoms with Crippen LogP contribution in [0.2, 0.25) is 0 Å². The van der Waals surface area contributed by atoms with Crippen LogP contribution in [0.3, 0.4) is 0 Å². The summed E-state index contributed by atoms with van der Waals surface area (Å²) < 4.78 is 11.3. The van der Waals surface area contributed by atoms with Gasteiger partial charge in [0.25, 0.3) is 0 Å². The SMILES string of the molecule is CC/C=C\C/C=C\C/C=C\C/C=C\C/C=C\CCCCCCCCCCCCCCCCCCCC(=O)NC(COC1OC(CO)C(O)C(O)C1O)C(O)/C=C/CCCCCCCCCCCCCCCCCCCCC. The molecule has 1 heterocycles. The average Bonchev–Trinajstić information content (AvgIpc) is 3.43. The maximum absolute atomic E-state index is 13.1. The maximum atomic E-state index is 13.1. The van der Waals surface area contributed by atoms with Crippen molar-refractivity contribution >= 4 is 5.91 Å². The molecular weight excluding hydrogens is 959 g/mol. The number of aliphatic hydroxyl groups excluding tert-OH is 5. The minimum Gasteiger partial charge on any atom is -0.394 e. The van der Waals surface area contributed by atoms with E-state index in [1.165, 1.54) is 205 Å². The van der Waals surface area contributed by atoms with Crippen LogP contribution in [0.5, 0.6) is 0 Å². The number of rotatable bonds is 56. The first-order chi connectivity index (χ1) is 37.8. The number of allylic oxidation sites excluding steroid dienone is 11. The molecule has 1 saturated heterocycles. The van der Waals surface area contributed by atoms with Crippen LogP contribution in [0.4, 0.5) is 0 Å². The number of nitrogens with one attached hydrogen (secondary N) is 1. The van der Waals surface area contributed by atoms with Gasteiger partial charge in [0, 0.05) is 6.42 Å². The predicted molar refractivity (Wildman–Crippen MR) is 327 cm³/mol. The van der Waals surface area contributed by atoms with Gasteiger partial charge in [0.1, 0.15) is 24.4 Å². The molecule has 1 aliphatic rings. The number of amides is 1. The van der Waals surface area contributed by atoms with E-state index in [1.54, 1.807) is 6.08 Å². The van der Waals surface area contributed by atoms with Gasteiger partial charge >= 0.3 is 0 Å². The molecule has 77 heavy (non-hydrogen) atoms. The third kappa shape index (κ3) is 46.0. The zero-order valence-electron chi connectivity index (χ0n) is 50.0. The quantitative estimate of drug-likeness (QED) is 0.0261. The van der Waals surface area contributed by atoms with Crippen molar-refractivity contribution in [3.63, 3.8) is 0 Å². The summed E-state index contributed by atoms with van der Waals surface area (Å²) in [5.41, 5.74) is 0. The molecule has 9 nitrogen and oxygen atoms in total. The fourth-order valence-electron chi connectivity index (χ4n) is 10.2. The lowest BCUT2D eigenvalue weighted by Gasteiger charge is -2.40. The third-order valence-corrected chi connectivity index (χ3v) is 15.3. The van der Waals surface area contributed by atoms with E-state index in [4.69, 9.17) is 9.47 Å². The summed E-state index contributed by atoms with van der Waals surface area (Å²) in [6.45, 7) is 3.70. The molecule has 9 heteroatoms. The maximum Gasteiger partial charge on any atom is 0.220 e. The lowest BCUT2D eigenvalue weighted by atomic mass is 9.99. The minimum atomic E-state index is -1.57. The molecule has 0 aromatic rings. The van der Waals surface area contributed by atoms with E-state index in [-0.39, 0.29) is 12.5 Å². The second-order valence-corrected chi connectivity index (χ2v) is 22.5. The number of carbonyl (C=O) groups is 1. The van der Waals surface area contributed by atoms with E-state index in [1.807, 2.05) is 6.08 Å². The van der Waals surface area contributed by atoms with Gasteiger partial charge in [0.15, 0.2) is 6.29 Å². The van der Waals surface area contributed by atoms with E-state index >= 15 is 0 Å². The minimum absolute atomic E-state index is 0.174. The van der Waals surface area contributed by atoms with Gasteiger partial charge in [0.05, 0.1) is 25.4 Å². The van der Waals surface area contributed by atoms with Crippen molar-refractivity contribution in [1.29, 1.82) is 0 Å². The summed E-state index contributed by atoms with van der Waals surface area (Å²) in [6.07, 6.45) is 72.7. The van der Waals surface area contributed by atoms with Gasteiger partial charge in [-0.1, -0.05) is 299 Å². The first-order valence-corrected chi connectivity index (χ1v) is 32.7. The molecule has 1 fully saturated rings. The first kappa shape index (κ1) is 72.6. The second-order valence-electron chi connectivity index (χ2n) is 22.5. The summed E-state index contributed by atoms with van der Waals surface area (Å²) in [6, 6.07) is -0.808. The van der Waals surface area contributed by atoms with E-state index in [2.05, 4.69) is 79.9 Å². The number of aliphatic hydroxyl groups is 5. The van der Waals surface area contributed by atoms with Gasteiger partial charge < -0.3 is 40.3 Å². The predicted octanol–water partition coefficient (Wildman–Crippen LogP) is 17.2. The zero-order chi connectivity index (χ0) is 55.8. The van der Waals surface area contributed by atoms with Crippen LogP contribution >= 0.6 is 0 Å². The fraction of sp³-hybridized carbons (Fsp3) is 0.809. The first-order valence-electron chi connectivity index (χ1n) is 32.7. The van der Waals surface area contributed by atoms with Crippen LogP contribution in [0, 0.1) is 0 Å². The van der Waals surface area contributed by atoms with Crippen molar-refractivity contribution in [3.8, 4) is 0 Å². The lowest BCUT2D eigenvalue weighted by molar-refractivity contribution is -0.302. The molecule has 1 aliphatic heterocycles. The molecule has 0 bridgehead atoms. The van der Waals surface area contributed by atoms with E-state index in [0.29, 0.717) is 6.42 Å². The molecular formula is C68H123NO8. The Hall–Kier alpha value is -2.37. The summed E-state index contributed by atoms with van der Waals surface area (Å²) in [7, 11) is 0. The molecule has 0 saturated carbocycles. The molecule has 0 radical (unpaired) electrons. The van der Waals surface area contributed by atoms with Crippen LogP contribution < -0.4 is 5.32 Å². The van der Waals surface area contributed by atoms with E-state index in [9.17, 15) is 30.3 Å². The number of ether oxygens (including phenoxy) is 2. The molecule has 0 spiro atoms. The molecule has 0 aromatic carbocycles. The molecule has 7 atom stereocenters. The molecule has 448 valence electrons. The normalized spacial score (nSPS) is 19.2. The standard InChI is InChI=1S/C68H123NO8/c1-3-5-7-9-11-13-15-17-19-21-23-25-26-27-28-29-30-31-32-33-34-35-36-38-40-42-44-46-48-50-52-54-56-58-64(72)69-61(60-76-68-67(75)66(74)65(73)63(59-70)77-68)62(71)57-55-53-51-49-47-45-43-41-39-37-24-22-20-18-16-14-12-10-8-6-4-2/h5,7,11,13,17,19,23,25,27-28,55,57,61-63,65-68,70-71,73-75H,3-4,6,8-10,12,14-16,18,20-22,24,26,29-54,56,58-60H2,1-2H3,(H,69,72)/b7-5-,13-11-,19-17-,25-23-,28-27-,57-55+. The van der Waals surface area contributed by atoms with E-state index < -0.39 is 49.5 Å². The summed E-state index contributed by atoms with van der Waals surface area (Å²) >= 11 is 0. The van der Waals surface area contributed by atoms with E-state index in [0.717, 1.165) is 70.6 Å². The van der Waals surface area contributed by atoms with Crippen LogP contribution in [0.15, 0.2) is 72.9 Å². The summed E-state index contributed by atoms with van der Waals surface area (Å²) in [5.74, 6) is -0.174. The highest BCUT2D eigenvalue weighted by atomic mass is 16.7. The Balaban J connectivity index is 2.14. The summed E-state index contributed by atoms with van der Waals surface area (Å²) in [4.78, 5) is 13.1. The fourth-order valence-corrected chi connectivity index (χ4v) is 10.2. The third-order valence-electron chi connectivity index (χ3n) is 15.3. The Kier molecular flexibility index (Phi) is 53.7. The number of unbranched alkanes of at least 4 members (excludes halogenated alkanes) is 36. The van der Waals surface area contributed by atoms with Crippen molar-refractivity contribution in [2.45, 2.75) is 339 Å². The largest absolute Gasteiger partial charge is 0.394 e. The molecule has 0 aliphatic carbocycles. The van der Waals surface area contributed by atoms with Gasteiger partial charge in [-0.2, -0.15) is 0 Å². The van der Waals surface area contributed by atoms with Gasteiger partial charge in [0.2, 0.25) is 5.91 Å². The van der Waals surface area contributed by atoms with Crippen molar-refractivity contribution in [2.75, 3.05) is 13.2 Å². The van der Waals surface area contributed by atoms with Crippen molar-refractivity contribution in [3.05, 3.63) is 72.9 Å². The number of carbonyl (C=O) groups excluding carboxylic acids is 1. The summed E-state index contributed by atoms with van der Waals surface area (Å²) in [5, 5.41) is 54.7. The Morgan fingerprint density at radius 1 is 0.455 bits per heavy atom. The monoisotopic (exact) mass is 1080 g/mol. The molecule has 0 aromatic heterocycles. The number of hydrogen-bond donors (Lipinski definition) is 6. The Morgan fingerprint density at radius 3 is 1.19 bits per heavy atom. The smallest absolute Gasteiger partial charge is 0.220 e. The van der Waals surface area contributed by atoms with Crippen LogP contribution in [-0.2, 0) is 14.3 Å². The zero-order valence-corrected chi connectivity index (χ0v) is 50.0. The highest BCUT2D eigenvalue weighted by molar-refractivity contribution is 5.76. The molecule has 6 N–H and O–H groups in total. The highest BCUT2D eigenvalue weighted by Gasteiger charge is 2.44. The molecule has 7 unspecified atom stereocenters. The highest BCUT2D eigenvalue weighted by Crippen LogP contribution is 2.23. The van der Waals surface area contributed by atoms with Crippen molar-refractivity contribution < 1.29 is 39.8 Å². The molecule has 1 rings (SSSR count). The van der Waals surface area contributed by atoms with Crippen molar-refractivity contribution in [2.24, 2.45) is 0 Å². The van der Waals surface area contributed by atoms with Gasteiger partial charge in [-0.25, -0.2) is 0 Å². The van der Waals surface area contributed by atoms with Crippen LogP contribution in [-0.4, -0.2) is 87.5 Å². The Labute approximate surface area is 474 Å². The van der Waals surface area contributed by atoms with Crippen LogP contribution in [0.1, 0.15) is 296 Å². The van der Waals surface area contributed by atoms with Crippen molar-refractivity contribution in [1.82, 2.24) is 5.32 Å². The van der Waals surface area contributed by atoms with Gasteiger partial charge in [-0.05, 0) is 64.2 Å². The number of hydrogen-bond acceptors (Lipinski definition) is 8. The Morgan fingerprint density at radius 2 is 0.805 bits per heavy atom. The topological polar surface area (TPSA) is 149 Å². The Bertz CT molecular complexity index is 1440.